The maximum atomic E-state index is 11.1. The van der Waals surface area contributed by atoms with E-state index in [9.17, 15) is 4.79 Å². The monoisotopic (exact) mass is 197 g/mol. The quantitative estimate of drug-likeness (QED) is 0.652. The van der Waals surface area contributed by atoms with Crippen molar-refractivity contribution in [3.8, 4) is 0 Å². The molecule has 0 aromatic rings. The van der Waals surface area contributed by atoms with Crippen molar-refractivity contribution < 1.29 is 4.79 Å². The van der Waals surface area contributed by atoms with Crippen molar-refractivity contribution >= 4 is 5.78 Å². The fourth-order valence-electron chi connectivity index (χ4n) is 2.31. The van der Waals surface area contributed by atoms with Gasteiger partial charge in [-0.15, -0.1) is 0 Å². The van der Waals surface area contributed by atoms with Crippen molar-refractivity contribution in [2.45, 2.75) is 58.4 Å². The molecule has 0 N–H and O–H groups in total. The molecule has 0 amide bonds. The molecule has 1 aliphatic rings. The Bertz CT molecular complexity index is 179. The molecule has 0 aliphatic carbocycles. The van der Waals surface area contributed by atoms with Crippen molar-refractivity contribution in [3.05, 3.63) is 0 Å². The fourth-order valence-corrected chi connectivity index (χ4v) is 2.31. The Kier molecular flexibility index (Phi) is 5.16. The summed E-state index contributed by atoms with van der Waals surface area (Å²) in [6, 6.07) is 0.798. The molecule has 82 valence electrons. The summed E-state index contributed by atoms with van der Waals surface area (Å²) in [5.41, 5.74) is 0. The highest BCUT2D eigenvalue weighted by Gasteiger charge is 2.21. The van der Waals surface area contributed by atoms with E-state index in [4.69, 9.17) is 0 Å². The number of Topliss-reactive ketones (excluding diaryl/α,β-unsaturated/α-hetero) is 1. The molecular weight excluding hydrogens is 174 g/mol. The molecule has 1 atom stereocenters. The van der Waals surface area contributed by atoms with Gasteiger partial charge in [0.05, 0.1) is 0 Å². The van der Waals surface area contributed by atoms with Crippen LogP contribution in [0.2, 0.25) is 0 Å². The predicted octanol–water partition coefficient (Wildman–Crippen LogP) is 2.62. The van der Waals surface area contributed by atoms with Gasteiger partial charge in [-0.05, 0) is 38.8 Å². The maximum absolute atomic E-state index is 11.1. The van der Waals surface area contributed by atoms with Crippen molar-refractivity contribution in [3.63, 3.8) is 0 Å². The molecule has 14 heavy (non-hydrogen) atoms. The molecule has 2 nitrogen and oxygen atoms in total. The summed E-state index contributed by atoms with van der Waals surface area (Å²) >= 11 is 0. The van der Waals surface area contributed by atoms with Crippen LogP contribution in [0, 0.1) is 0 Å². The minimum atomic E-state index is 0.414. The van der Waals surface area contributed by atoms with Crippen LogP contribution in [0.4, 0.5) is 0 Å². The Morgan fingerprint density at radius 2 is 2.21 bits per heavy atom. The molecule has 1 fully saturated rings. The molecule has 0 radical (unpaired) electrons. The van der Waals surface area contributed by atoms with Crippen LogP contribution in [0.1, 0.15) is 52.4 Å². The minimum Gasteiger partial charge on any atom is -0.300 e. The SMILES string of the molecule is CCC(=O)CCCN1CCCC1CC. The van der Waals surface area contributed by atoms with Gasteiger partial charge >= 0.3 is 0 Å². The molecule has 2 heteroatoms. The van der Waals surface area contributed by atoms with Gasteiger partial charge in [-0.25, -0.2) is 0 Å². The summed E-state index contributed by atoms with van der Waals surface area (Å²) in [4.78, 5) is 13.7. The third-order valence-electron chi connectivity index (χ3n) is 3.27. The van der Waals surface area contributed by atoms with Crippen LogP contribution in [-0.2, 0) is 4.79 Å². The molecule has 0 saturated carbocycles. The van der Waals surface area contributed by atoms with Crippen molar-refractivity contribution in [2.24, 2.45) is 0 Å². The maximum Gasteiger partial charge on any atom is 0.132 e. The first-order chi connectivity index (χ1) is 6.77. The summed E-state index contributed by atoms with van der Waals surface area (Å²) in [5.74, 6) is 0.414. The number of hydrogen-bond acceptors (Lipinski definition) is 2. The van der Waals surface area contributed by atoms with Gasteiger partial charge < -0.3 is 4.90 Å². The second-order valence-corrected chi connectivity index (χ2v) is 4.24. The molecule has 1 saturated heterocycles. The Hall–Kier alpha value is -0.370. The highest BCUT2D eigenvalue weighted by Crippen LogP contribution is 2.19. The zero-order valence-corrected chi connectivity index (χ0v) is 9.59. The zero-order chi connectivity index (χ0) is 10.4. The first kappa shape index (κ1) is 11.7. The molecule has 1 heterocycles. The fraction of sp³-hybridized carbons (Fsp3) is 0.917. The highest BCUT2D eigenvalue weighted by atomic mass is 16.1. The van der Waals surface area contributed by atoms with Crippen LogP contribution in [0.5, 0.6) is 0 Å². The summed E-state index contributed by atoms with van der Waals surface area (Å²) in [7, 11) is 0. The Morgan fingerprint density at radius 3 is 2.86 bits per heavy atom. The number of carbonyl (C=O) groups excluding carboxylic acids is 1. The second-order valence-electron chi connectivity index (χ2n) is 4.24. The van der Waals surface area contributed by atoms with E-state index in [1.165, 1.54) is 25.8 Å². The van der Waals surface area contributed by atoms with Crippen LogP contribution in [0.3, 0.4) is 0 Å². The first-order valence-corrected chi connectivity index (χ1v) is 6.03. The molecular formula is C12H23NO. The van der Waals surface area contributed by atoms with E-state index >= 15 is 0 Å². The Labute approximate surface area is 87.7 Å². The van der Waals surface area contributed by atoms with Crippen molar-refractivity contribution in [1.29, 1.82) is 0 Å². The van der Waals surface area contributed by atoms with Crippen molar-refractivity contribution in [1.82, 2.24) is 4.90 Å². The summed E-state index contributed by atoms with van der Waals surface area (Å²) in [6.07, 6.45) is 6.52. The van der Waals surface area contributed by atoms with E-state index in [0.29, 0.717) is 12.2 Å². The third kappa shape index (κ3) is 3.41. The Balaban J connectivity index is 2.14. The molecule has 1 aliphatic heterocycles. The summed E-state index contributed by atoms with van der Waals surface area (Å²) in [5, 5.41) is 0. The lowest BCUT2D eigenvalue weighted by molar-refractivity contribution is -0.118. The van der Waals surface area contributed by atoms with E-state index in [2.05, 4.69) is 11.8 Å². The lowest BCUT2D eigenvalue weighted by Crippen LogP contribution is -2.29. The van der Waals surface area contributed by atoms with Crippen LogP contribution in [-0.4, -0.2) is 29.8 Å². The number of rotatable bonds is 6. The van der Waals surface area contributed by atoms with Gasteiger partial charge in [-0.1, -0.05) is 13.8 Å². The predicted molar refractivity (Wildman–Crippen MR) is 59.4 cm³/mol. The Morgan fingerprint density at radius 1 is 1.43 bits per heavy atom. The smallest absolute Gasteiger partial charge is 0.132 e. The molecule has 0 spiro atoms. The van der Waals surface area contributed by atoms with Gasteiger partial charge in [0.15, 0.2) is 0 Å². The van der Waals surface area contributed by atoms with Gasteiger partial charge in [0.25, 0.3) is 0 Å². The summed E-state index contributed by atoms with van der Waals surface area (Å²) < 4.78 is 0. The minimum absolute atomic E-state index is 0.414. The van der Waals surface area contributed by atoms with E-state index in [-0.39, 0.29) is 0 Å². The first-order valence-electron chi connectivity index (χ1n) is 6.03. The molecule has 0 aromatic heterocycles. The topological polar surface area (TPSA) is 20.3 Å². The van der Waals surface area contributed by atoms with Gasteiger partial charge in [0.1, 0.15) is 5.78 Å². The van der Waals surface area contributed by atoms with Gasteiger partial charge in [-0.3, -0.25) is 4.79 Å². The third-order valence-corrected chi connectivity index (χ3v) is 3.27. The van der Waals surface area contributed by atoms with E-state index < -0.39 is 0 Å². The van der Waals surface area contributed by atoms with Gasteiger partial charge in [0.2, 0.25) is 0 Å². The van der Waals surface area contributed by atoms with E-state index in [1.54, 1.807) is 0 Å². The average molecular weight is 197 g/mol. The number of carbonyl (C=O) groups is 1. The highest BCUT2D eigenvalue weighted by molar-refractivity contribution is 5.77. The van der Waals surface area contributed by atoms with Crippen LogP contribution in [0.15, 0.2) is 0 Å². The van der Waals surface area contributed by atoms with Gasteiger partial charge in [-0.2, -0.15) is 0 Å². The van der Waals surface area contributed by atoms with Crippen LogP contribution < -0.4 is 0 Å². The number of nitrogens with zero attached hydrogens (tertiary/aromatic N) is 1. The largest absolute Gasteiger partial charge is 0.300 e. The number of ketones is 1. The number of hydrogen-bond donors (Lipinski definition) is 0. The van der Waals surface area contributed by atoms with Gasteiger partial charge in [0, 0.05) is 18.9 Å². The molecule has 0 bridgehead atoms. The van der Waals surface area contributed by atoms with E-state index in [0.717, 1.165) is 25.4 Å². The average Bonchev–Trinajstić information content (AvgIpc) is 2.65. The molecule has 0 aromatic carbocycles. The standard InChI is InChI=1S/C12H23NO/c1-3-11-7-5-9-13(11)10-6-8-12(14)4-2/h11H,3-10H2,1-2H3. The molecule has 1 rings (SSSR count). The van der Waals surface area contributed by atoms with E-state index in [1.807, 2.05) is 6.92 Å². The second kappa shape index (κ2) is 6.18. The van der Waals surface area contributed by atoms with Crippen molar-refractivity contribution in [2.75, 3.05) is 13.1 Å². The van der Waals surface area contributed by atoms with Crippen LogP contribution >= 0.6 is 0 Å². The lowest BCUT2D eigenvalue weighted by Gasteiger charge is -2.22. The zero-order valence-electron chi connectivity index (χ0n) is 9.59. The normalized spacial score (nSPS) is 22.9. The van der Waals surface area contributed by atoms with Crippen LogP contribution in [0.25, 0.3) is 0 Å². The molecule has 1 unspecified atom stereocenters. The summed E-state index contributed by atoms with van der Waals surface area (Å²) in [6.45, 7) is 6.59. The lowest BCUT2D eigenvalue weighted by atomic mass is 10.1. The number of likely N-dealkylation sites (tertiary alicyclic amines) is 1.